The Labute approximate surface area is 248 Å². The van der Waals surface area contributed by atoms with Crippen LogP contribution in [-0.4, -0.2) is 61.9 Å². The number of sulfonamides is 1. The Bertz CT molecular complexity index is 1580. The number of carbonyl (C=O) groups is 1. The fraction of sp³-hybridized carbons (Fsp3) is 0.441. The van der Waals surface area contributed by atoms with E-state index in [2.05, 4.69) is 23.1 Å². The molecule has 0 N–H and O–H groups in total. The molecule has 2 aliphatic heterocycles. The lowest BCUT2D eigenvalue weighted by atomic mass is 9.51. The van der Waals surface area contributed by atoms with E-state index in [1.807, 2.05) is 60.7 Å². The average Bonchev–Trinajstić information content (AvgIpc) is 3.32. The highest BCUT2D eigenvalue weighted by atomic mass is 32.2. The van der Waals surface area contributed by atoms with Gasteiger partial charge in [-0.1, -0.05) is 72.8 Å². The molecule has 6 atom stereocenters. The molecule has 3 aromatic carbocycles. The minimum absolute atomic E-state index is 0.0182. The van der Waals surface area contributed by atoms with E-state index in [1.165, 1.54) is 18.1 Å². The molecule has 3 aromatic rings. The lowest BCUT2D eigenvalue weighted by Gasteiger charge is -2.60. The van der Waals surface area contributed by atoms with Gasteiger partial charge in [0.1, 0.15) is 18.0 Å². The molecule has 2 bridgehead atoms. The number of piperidine rings is 1. The summed E-state index contributed by atoms with van der Waals surface area (Å²) in [4.78, 5) is 14.6. The van der Waals surface area contributed by atoms with Gasteiger partial charge in [-0.05, 0) is 60.9 Å². The van der Waals surface area contributed by atoms with Crippen molar-refractivity contribution >= 4 is 16.0 Å². The topological polar surface area (TPSA) is 76.2 Å². The predicted octanol–water partition coefficient (Wildman–Crippen LogP) is 4.86. The summed E-state index contributed by atoms with van der Waals surface area (Å²) in [6.45, 7) is 2.95. The maximum atomic E-state index is 13.7. The number of ether oxygens (including phenoxy) is 2. The van der Waals surface area contributed by atoms with Gasteiger partial charge in [-0.25, -0.2) is 8.42 Å². The van der Waals surface area contributed by atoms with E-state index in [0.29, 0.717) is 12.5 Å². The van der Waals surface area contributed by atoms with Gasteiger partial charge in [0.2, 0.25) is 10.0 Å². The van der Waals surface area contributed by atoms with E-state index >= 15 is 0 Å². The van der Waals surface area contributed by atoms with Gasteiger partial charge >= 0.3 is 5.97 Å². The van der Waals surface area contributed by atoms with Gasteiger partial charge in [-0.15, -0.1) is 0 Å². The third-order valence-electron chi connectivity index (χ3n) is 10.3. The fourth-order valence-electron chi connectivity index (χ4n) is 8.55. The maximum Gasteiger partial charge on any atom is 0.303 e. The molecule has 1 unspecified atom stereocenters. The molecule has 0 aromatic heterocycles. The van der Waals surface area contributed by atoms with Gasteiger partial charge < -0.3 is 9.47 Å². The first-order chi connectivity index (χ1) is 20.3. The number of likely N-dealkylation sites (tertiary alicyclic amines) is 1. The Morgan fingerprint density at radius 1 is 1.05 bits per heavy atom. The van der Waals surface area contributed by atoms with Crippen LogP contribution in [0.5, 0.6) is 5.75 Å². The van der Waals surface area contributed by atoms with Crippen molar-refractivity contribution in [1.82, 2.24) is 9.21 Å². The zero-order chi connectivity index (χ0) is 29.1. The number of hydrogen-bond acceptors (Lipinski definition) is 6. The first kappa shape index (κ1) is 27.6. The SMILES string of the molecule is CC(=O)OC(CN1CC[C@]23c4c5cccc4O[C@H]2[C@H](N(C)S(=O)(=O)Cc2ccccc2)CC[C@H]3[C@H]1C5)c1ccccc1. The number of hydrogen-bond donors (Lipinski definition) is 0. The Balaban J connectivity index is 1.21. The molecule has 0 amide bonds. The van der Waals surface area contributed by atoms with Gasteiger partial charge in [0.05, 0.1) is 11.8 Å². The van der Waals surface area contributed by atoms with Crippen molar-refractivity contribution in [3.05, 3.63) is 101 Å². The normalized spacial score (nSPS) is 28.5. The highest BCUT2D eigenvalue weighted by Gasteiger charge is 2.66. The fourth-order valence-corrected chi connectivity index (χ4v) is 10.00. The van der Waals surface area contributed by atoms with Crippen LogP contribution < -0.4 is 4.74 Å². The summed E-state index contributed by atoms with van der Waals surface area (Å²) in [6, 6.07) is 25.8. The maximum absolute atomic E-state index is 13.7. The monoisotopic (exact) mass is 586 g/mol. The van der Waals surface area contributed by atoms with Crippen molar-refractivity contribution in [1.29, 1.82) is 0 Å². The number of benzene rings is 3. The molecule has 4 aliphatic rings. The van der Waals surface area contributed by atoms with Gasteiger partial charge in [0, 0.05) is 37.5 Å². The van der Waals surface area contributed by atoms with Crippen LogP contribution >= 0.6 is 0 Å². The highest BCUT2D eigenvalue weighted by Crippen LogP contribution is 2.62. The van der Waals surface area contributed by atoms with Gasteiger partial charge in [-0.2, -0.15) is 4.31 Å². The van der Waals surface area contributed by atoms with E-state index in [9.17, 15) is 13.2 Å². The predicted molar refractivity (Wildman–Crippen MR) is 161 cm³/mol. The molecule has 2 heterocycles. The van der Waals surface area contributed by atoms with Crippen molar-refractivity contribution in [2.75, 3.05) is 20.1 Å². The summed E-state index contributed by atoms with van der Waals surface area (Å²) < 4.78 is 41.7. The summed E-state index contributed by atoms with van der Waals surface area (Å²) in [5.41, 5.74) is 4.19. The Morgan fingerprint density at radius 2 is 1.79 bits per heavy atom. The molecular weight excluding hydrogens is 548 g/mol. The summed E-state index contributed by atoms with van der Waals surface area (Å²) in [5.74, 6) is 0.968. The molecular formula is C34H38N2O5S. The van der Waals surface area contributed by atoms with Crippen LogP contribution in [0.2, 0.25) is 0 Å². The quantitative estimate of drug-likeness (QED) is 0.351. The van der Waals surface area contributed by atoms with Crippen molar-refractivity contribution in [2.45, 2.75) is 68.1 Å². The lowest BCUT2D eigenvalue weighted by Crippen LogP contribution is -2.69. The molecule has 220 valence electrons. The smallest absolute Gasteiger partial charge is 0.303 e. The first-order valence-electron chi connectivity index (χ1n) is 15.0. The van der Waals surface area contributed by atoms with Gasteiger partial charge in [0.25, 0.3) is 0 Å². The summed E-state index contributed by atoms with van der Waals surface area (Å²) in [6.07, 6.45) is 2.90. The number of carbonyl (C=O) groups excluding carboxylic acids is 1. The molecule has 42 heavy (non-hydrogen) atoms. The van der Waals surface area contributed by atoms with E-state index in [1.54, 1.807) is 11.4 Å². The lowest BCUT2D eigenvalue weighted by molar-refractivity contribution is -0.149. The van der Waals surface area contributed by atoms with Crippen molar-refractivity contribution in [2.24, 2.45) is 5.92 Å². The van der Waals surface area contributed by atoms with Gasteiger partial charge in [0.15, 0.2) is 0 Å². The Morgan fingerprint density at radius 3 is 2.52 bits per heavy atom. The second-order valence-electron chi connectivity index (χ2n) is 12.4. The molecule has 7 rings (SSSR count). The molecule has 7 nitrogen and oxygen atoms in total. The minimum atomic E-state index is -3.55. The van der Waals surface area contributed by atoms with Crippen molar-refractivity contribution in [3.8, 4) is 5.75 Å². The molecule has 1 saturated carbocycles. The van der Waals surface area contributed by atoms with Gasteiger partial charge in [-0.3, -0.25) is 9.69 Å². The van der Waals surface area contributed by atoms with E-state index in [-0.39, 0.29) is 41.4 Å². The zero-order valence-electron chi connectivity index (χ0n) is 24.2. The summed E-state index contributed by atoms with van der Waals surface area (Å²) in [5, 5.41) is 0. The molecule has 2 aliphatic carbocycles. The summed E-state index contributed by atoms with van der Waals surface area (Å²) >= 11 is 0. The van der Waals surface area contributed by atoms with Crippen LogP contribution in [0, 0.1) is 5.92 Å². The zero-order valence-corrected chi connectivity index (χ0v) is 25.0. The van der Waals surface area contributed by atoms with Crippen LogP contribution in [0.1, 0.15) is 54.5 Å². The first-order valence-corrected chi connectivity index (χ1v) is 16.6. The third kappa shape index (κ3) is 4.46. The molecule has 1 saturated heterocycles. The largest absolute Gasteiger partial charge is 0.487 e. The average molecular weight is 587 g/mol. The third-order valence-corrected chi connectivity index (χ3v) is 12.1. The number of rotatable bonds is 8. The molecule has 2 fully saturated rings. The minimum Gasteiger partial charge on any atom is -0.487 e. The number of likely N-dealkylation sites (N-methyl/N-ethyl adjacent to an activating group) is 1. The molecule has 8 heteroatoms. The van der Waals surface area contributed by atoms with E-state index < -0.39 is 10.0 Å². The van der Waals surface area contributed by atoms with Crippen molar-refractivity contribution in [3.63, 3.8) is 0 Å². The van der Waals surface area contributed by atoms with Crippen LogP contribution in [-0.2, 0) is 37.1 Å². The summed E-state index contributed by atoms with van der Waals surface area (Å²) in [7, 11) is -1.81. The Hall–Kier alpha value is -3.20. The number of esters is 1. The number of nitrogens with zero attached hydrogens (tertiary/aromatic N) is 2. The molecule has 1 spiro atoms. The van der Waals surface area contributed by atoms with Crippen LogP contribution in [0.4, 0.5) is 0 Å². The standard InChI is InChI=1S/C34H38N2O5S/c1-23(37)40-31(25-12-7-4-8-13-25)21-36-19-18-34-27-16-17-28(35(2)42(38,39)22-24-10-5-3-6-11-24)33(34)41-30-15-9-14-26(32(30)34)20-29(27)36/h3-15,27-29,31,33H,16-22H2,1-2H3/t27-,28+,29+,31?,33-,34-/m0/s1. The molecule has 0 radical (unpaired) electrons. The highest BCUT2D eigenvalue weighted by molar-refractivity contribution is 7.88. The Kier molecular flexibility index (Phi) is 6.91. The van der Waals surface area contributed by atoms with Crippen LogP contribution in [0.3, 0.4) is 0 Å². The van der Waals surface area contributed by atoms with Crippen LogP contribution in [0.15, 0.2) is 78.9 Å². The van der Waals surface area contributed by atoms with Crippen molar-refractivity contribution < 1.29 is 22.7 Å². The second-order valence-corrected chi connectivity index (χ2v) is 14.4. The second kappa shape index (κ2) is 10.5. The van der Waals surface area contributed by atoms with E-state index in [0.717, 1.165) is 49.1 Å². The van der Waals surface area contributed by atoms with Crippen LogP contribution in [0.25, 0.3) is 0 Å². The van der Waals surface area contributed by atoms with E-state index in [4.69, 9.17) is 9.47 Å².